The van der Waals surface area contributed by atoms with Crippen molar-refractivity contribution in [2.75, 3.05) is 33.2 Å². The Morgan fingerprint density at radius 1 is 1.43 bits per heavy atom. The number of nitrogens with zero attached hydrogens (tertiary/aromatic N) is 2. The maximum absolute atomic E-state index is 12.8. The molecule has 4 heteroatoms. The topological polar surface area (TPSA) is 49.6 Å². The average Bonchev–Trinajstić information content (AvgIpc) is 2.47. The molecule has 1 amide bonds. The maximum atomic E-state index is 12.8. The van der Waals surface area contributed by atoms with Gasteiger partial charge in [-0.1, -0.05) is 17.9 Å². The normalized spacial score (nSPS) is 19.0. The van der Waals surface area contributed by atoms with Gasteiger partial charge in [0.05, 0.1) is 12.1 Å². The molecule has 1 unspecified atom stereocenters. The Morgan fingerprint density at radius 2 is 2.19 bits per heavy atom. The lowest BCUT2D eigenvalue weighted by Gasteiger charge is -2.37. The van der Waals surface area contributed by atoms with Crippen molar-refractivity contribution in [1.29, 1.82) is 0 Å². The van der Waals surface area contributed by atoms with Gasteiger partial charge >= 0.3 is 0 Å². The third-order valence-electron chi connectivity index (χ3n) is 3.98. The number of hydrogen-bond donors (Lipinski definition) is 1. The second-order valence-corrected chi connectivity index (χ2v) is 5.64. The molecule has 21 heavy (non-hydrogen) atoms. The van der Waals surface area contributed by atoms with Crippen molar-refractivity contribution in [3.63, 3.8) is 0 Å². The summed E-state index contributed by atoms with van der Waals surface area (Å²) in [4.78, 5) is 16.9. The Hall–Kier alpha value is -1.83. The van der Waals surface area contributed by atoms with Crippen molar-refractivity contribution in [3.8, 4) is 11.8 Å². The molecule has 1 heterocycles. The zero-order chi connectivity index (χ0) is 15.4. The number of hydrogen-bond acceptors (Lipinski definition) is 3. The minimum absolute atomic E-state index is 0.0660. The predicted molar refractivity (Wildman–Crippen MR) is 85.1 cm³/mol. The molecule has 0 aromatic heterocycles. The lowest BCUT2D eigenvalue weighted by molar-refractivity contribution is 0.0572. The smallest absolute Gasteiger partial charge is 0.255 e. The molecule has 1 aliphatic heterocycles. The summed E-state index contributed by atoms with van der Waals surface area (Å²) in [7, 11) is 2.09. The van der Waals surface area contributed by atoms with Gasteiger partial charge in [0.1, 0.15) is 0 Å². The summed E-state index contributed by atoms with van der Waals surface area (Å²) < 4.78 is 0. The van der Waals surface area contributed by atoms with Crippen LogP contribution in [0.25, 0.3) is 0 Å². The molecule has 1 aliphatic rings. The van der Waals surface area contributed by atoms with Gasteiger partial charge in [-0.05, 0) is 38.6 Å². The highest BCUT2D eigenvalue weighted by molar-refractivity contribution is 5.97. The minimum Gasteiger partial charge on any atom is -0.336 e. The number of rotatable bonds is 1. The molecule has 1 fully saturated rings. The number of carbonyl (C=O) groups is 1. The SMILES string of the molecule is Cc1ccc(C(=O)N2CCN(C)C(C)C2)c(C#CCN)c1. The number of likely N-dealkylation sites (N-methyl/N-ethyl adjacent to an activating group) is 1. The first-order chi connectivity index (χ1) is 10.0. The van der Waals surface area contributed by atoms with Gasteiger partial charge in [-0.25, -0.2) is 0 Å². The first kappa shape index (κ1) is 15.6. The van der Waals surface area contributed by atoms with Crippen molar-refractivity contribution < 1.29 is 4.79 Å². The Morgan fingerprint density at radius 3 is 2.86 bits per heavy atom. The van der Waals surface area contributed by atoms with E-state index in [9.17, 15) is 4.79 Å². The number of piperazine rings is 1. The first-order valence-corrected chi connectivity index (χ1v) is 7.32. The summed E-state index contributed by atoms with van der Waals surface area (Å²) in [5.41, 5.74) is 7.99. The van der Waals surface area contributed by atoms with E-state index in [4.69, 9.17) is 5.73 Å². The molecule has 0 bridgehead atoms. The number of benzene rings is 1. The summed E-state index contributed by atoms with van der Waals surface area (Å²) in [6, 6.07) is 6.17. The lowest BCUT2D eigenvalue weighted by atomic mass is 10.0. The van der Waals surface area contributed by atoms with E-state index in [2.05, 4.69) is 30.7 Å². The molecule has 112 valence electrons. The van der Waals surface area contributed by atoms with Gasteiger partial charge in [0.25, 0.3) is 5.91 Å². The Labute approximate surface area is 126 Å². The van der Waals surface area contributed by atoms with Crippen LogP contribution in [0.4, 0.5) is 0 Å². The van der Waals surface area contributed by atoms with Gasteiger partial charge in [0.15, 0.2) is 0 Å². The lowest BCUT2D eigenvalue weighted by Crippen LogP contribution is -2.52. The molecule has 1 aromatic rings. The summed E-state index contributed by atoms with van der Waals surface area (Å²) in [6.07, 6.45) is 0. The molecule has 1 aromatic carbocycles. The van der Waals surface area contributed by atoms with E-state index >= 15 is 0 Å². The third kappa shape index (κ3) is 3.63. The molecular weight excluding hydrogens is 262 g/mol. The quantitative estimate of drug-likeness (QED) is 0.786. The average molecular weight is 285 g/mol. The summed E-state index contributed by atoms with van der Waals surface area (Å²) in [5, 5.41) is 0. The third-order valence-corrected chi connectivity index (χ3v) is 3.98. The highest BCUT2D eigenvalue weighted by Gasteiger charge is 2.26. The number of carbonyl (C=O) groups excluding carboxylic acids is 1. The molecule has 2 rings (SSSR count). The monoisotopic (exact) mass is 285 g/mol. The largest absolute Gasteiger partial charge is 0.336 e. The predicted octanol–water partition coefficient (Wildman–Crippen LogP) is 1.08. The van der Waals surface area contributed by atoms with Crippen LogP contribution in [-0.4, -0.2) is 55.0 Å². The first-order valence-electron chi connectivity index (χ1n) is 7.32. The second kappa shape index (κ2) is 6.75. The number of nitrogens with two attached hydrogens (primary N) is 1. The molecule has 4 nitrogen and oxygen atoms in total. The van der Waals surface area contributed by atoms with Crippen LogP contribution in [0.1, 0.15) is 28.4 Å². The molecule has 0 saturated carbocycles. The van der Waals surface area contributed by atoms with E-state index in [-0.39, 0.29) is 5.91 Å². The van der Waals surface area contributed by atoms with Crippen LogP contribution >= 0.6 is 0 Å². The Kier molecular flexibility index (Phi) is 5.00. The molecule has 0 spiro atoms. The van der Waals surface area contributed by atoms with Crippen LogP contribution in [0, 0.1) is 18.8 Å². The Balaban J connectivity index is 2.26. The van der Waals surface area contributed by atoms with Crippen LogP contribution < -0.4 is 5.73 Å². The number of aryl methyl sites for hydroxylation is 1. The van der Waals surface area contributed by atoms with Crippen molar-refractivity contribution in [2.24, 2.45) is 5.73 Å². The van der Waals surface area contributed by atoms with Gasteiger partial charge in [0, 0.05) is 31.2 Å². The standard InChI is InChI=1S/C17H23N3O/c1-13-6-7-16(15(11-13)5-4-8-18)17(21)20-10-9-19(3)14(2)12-20/h6-7,11,14H,8-10,12,18H2,1-3H3. The summed E-state index contributed by atoms with van der Waals surface area (Å²) in [5.74, 6) is 5.93. The van der Waals surface area contributed by atoms with E-state index < -0.39 is 0 Å². The molecular formula is C17H23N3O. The van der Waals surface area contributed by atoms with Crippen LogP contribution in [-0.2, 0) is 0 Å². The van der Waals surface area contributed by atoms with Gasteiger partial charge in [-0.2, -0.15) is 0 Å². The highest BCUT2D eigenvalue weighted by atomic mass is 16.2. The summed E-state index contributed by atoms with van der Waals surface area (Å²) in [6.45, 7) is 6.86. The van der Waals surface area contributed by atoms with Gasteiger partial charge in [-0.3, -0.25) is 4.79 Å². The van der Waals surface area contributed by atoms with E-state index in [0.29, 0.717) is 18.2 Å². The van der Waals surface area contributed by atoms with Crippen LogP contribution in [0.2, 0.25) is 0 Å². The van der Waals surface area contributed by atoms with Crippen molar-refractivity contribution in [1.82, 2.24) is 9.80 Å². The van der Waals surface area contributed by atoms with Gasteiger partial charge in [-0.15, -0.1) is 0 Å². The van der Waals surface area contributed by atoms with Gasteiger partial charge in [0.2, 0.25) is 0 Å². The molecule has 1 saturated heterocycles. The maximum Gasteiger partial charge on any atom is 0.255 e. The van der Waals surface area contributed by atoms with Crippen molar-refractivity contribution >= 4 is 5.91 Å². The van der Waals surface area contributed by atoms with E-state index in [1.807, 2.05) is 30.0 Å². The fourth-order valence-electron chi connectivity index (χ4n) is 2.50. The molecule has 0 aliphatic carbocycles. The van der Waals surface area contributed by atoms with E-state index in [0.717, 1.165) is 30.8 Å². The molecule has 2 N–H and O–H groups in total. The van der Waals surface area contributed by atoms with Crippen molar-refractivity contribution in [3.05, 3.63) is 34.9 Å². The van der Waals surface area contributed by atoms with E-state index in [1.54, 1.807) is 0 Å². The Bertz CT molecular complexity index is 585. The van der Waals surface area contributed by atoms with Crippen LogP contribution in [0.3, 0.4) is 0 Å². The molecule has 0 radical (unpaired) electrons. The fraction of sp³-hybridized carbons (Fsp3) is 0.471. The van der Waals surface area contributed by atoms with Crippen molar-refractivity contribution in [2.45, 2.75) is 19.9 Å². The second-order valence-electron chi connectivity index (χ2n) is 5.64. The van der Waals surface area contributed by atoms with Crippen LogP contribution in [0.15, 0.2) is 18.2 Å². The summed E-state index contributed by atoms with van der Waals surface area (Å²) >= 11 is 0. The van der Waals surface area contributed by atoms with Crippen LogP contribution in [0.5, 0.6) is 0 Å². The van der Waals surface area contributed by atoms with E-state index in [1.165, 1.54) is 0 Å². The fourth-order valence-corrected chi connectivity index (χ4v) is 2.50. The zero-order valence-electron chi connectivity index (χ0n) is 13.0. The zero-order valence-corrected chi connectivity index (χ0v) is 13.0. The van der Waals surface area contributed by atoms with Gasteiger partial charge < -0.3 is 15.5 Å². The number of amides is 1. The minimum atomic E-state index is 0.0660. The highest BCUT2D eigenvalue weighted by Crippen LogP contribution is 2.16. The molecule has 1 atom stereocenters.